The Morgan fingerprint density at radius 1 is 1.38 bits per heavy atom. The van der Waals surface area contributed by atoms with E-state index in [9.17, 15) is 9.59 Å². The van der Waals surface area contributed by atoms with Gasteiger partial charge in [0.2, 0.25) is 5.91 Å². The van der Waals surface area contributed by atoms with Crippen molar-refractivity contribution in [2.75, 3.05) is 12.8 Å². The van der Waals surface area contributed by atoms with E-state index in [2.05, 4.69) is 10.6 Å². The van der Waals surface area contributed by atoms with Crippen molar-refractivity contribution in [3.63, 3.8) is 0 Å². The highest BCUT2D eigenvalue weighted by Gasteiger charge is 2.32. The van der Waals surface area contributed by atoms with E-state index in [-0.39, 0.29) is 30.3 Å². The van der Waals surface area contributed by atoms with Crippen LogP contribution in [0.2, 0.25) is 5.02 Å². The van der Waals surface area contributed by atoms with Crippen LogP contribution in [0.4, 0.5) is 0 Å². The van der Waals surface area contributed by atoms with E-state index in [4.69, 9.17) is 16.9 Å². The molecule has 0 aromatic heterocycles. The second-order valence-electron chi connectivity index (χ2n) is 5.69. The molecule has 0 aliphatic heterocycles. The molecule has 5 nitrogen and oxygen atoms in total. The predicted molar refractivity (Wildman–Crippen MR) is 95.1 cm³/mol. The topological polar surface area (TPSA) is 82.0 Å². The van der Waals surface area contributed by atoms with E-state index in [0.29, 0.717) is 17.0 Å². The van der Waals surface area contributed by atoms with Gasteiger partial charge in [-0.15, -0.1) is 11.8 Å². The van der Waals surface area contributed by atoms with Crippen molar-refractivity contribution in [2.45, 2.75) is 36.6 Å². The average molecular weight is 366 g/mol. The first-order chi connectivity index (χ1) is 11.6. The number of thioether (sulfide) groups is 1. The highest BCUT2D eigenvalue weighted by atomic mass is 35.5. The molecule has 0 saturated heterocycles. The van der Waals surface area contributed by atoms with Gasteiger partial charge >= 0.3 is 0 Å². The number of hydrogen-bond donors (Lipinski definition) is 2. The van der Waals surface area contributed by atoms with Crippen LogP contribution in [0.3, 0.4) is 0 Å². The minimum atomic E-state index is -0.307. The first kappa shape index (κ1) is 18.6. The molecule has 1 aromatic carbocycles. The highest BCUT2D eigenvalue weighted by molar-refractivity contribution is 7.98. The lowest BCUT2D eigenvalue weighted by molar-refractivity contribution is -0.126. The van der Waals surface area contributed by atoms with Crippen molar-refractivity contribution in [1.82, 2.24) is 10.6 Å². The van der Waals surface area contributed by atoms with Crippen molar-refractivity contribution in [3.05, 3.63) is 28.8 Å². The maximum Gasteiger partial charge on any atom is 0.253 e. The number of nitriles is 1. The molecule has 0 radical (unpaired) electrons. The second-order valence-corrected chi connectivity index (χ2v) is 6.98. The summed E-state index contributed by atoms with van der Waals surface area (Å²) in [7, 11) is 0. The molecule has 0 unspecified atom stereocenters. The quantitative estimate of drug-likeness (QED) is 0.620. The summed E-state index contributed by atoms with van der Waals surface area (Å²) < 4.78 is 0. The van der Waals surface area contributed by atoms with Gasteiger partial charge in [0, 0.05) is 10.9 Å². The van der Waals surface area contributed by atoms with Crippen LogP contribution < -0.4 is 10.6 Å². The van der Waals surface area contributed by atoms with Gasteiger partial charge in [-0.3, -0.25) is 9.59 Å². The zero-order valence-corrected chi connectivity index (χ0v) is 15.0. The van der Waals surface area contributed by atoms with Crippen LogP contribution >= 0.6 is 23.4 Å². The van der Waals surface area contributed by atoms with Gasteiger partial charge in [-0.05, 0) is 37.3 Å². The molecule has 0 bridgehead atoms. The zero-order chi connectivity index (χ0) is 17.5. The summed E-state index contributed by atoms with van der Waals surface area (Å²) in [5, 5.41) is 14.5. The van der Waals surface area contributed by atoms with Crippen LogP contribution in [-0.2, 0) is 4.79 Å². The molecular weight excluding hydrogens is 346 g/mol. The number of halogens is 1. The number of benzene rings is 1. The van der Waals surface area contributed by atoms with Crippen molar-refractivity contribution >= 4 is 35.2 Å². The van der Waals surface area contributed by atoms with E-state index in [1.54, 1.807) is 12.1 Å². The molecular formula is C17H20ClN3O2S. The fourth-order valence-corrected chi connectivity index (χ4v) is 3.57. The van der Waals surface area contributed by atoms with Crippen LogP contribution in [0.5, 0.6) is 0 Å². The summed E-state index contributed by atoms with van der Waals surface area (Å²) in [6.45, 7) is -0.0163. The fourth-order valence-electron chi connectivity index (χ4n) is 2.93. The summed E-state index contributed by atoms with van der Waals surface area (Å²) in [5.74, 6) is -0.745. The standard InChI is InChI=1S/C17H20ClN3O2S/c1-24-11-6-7-14(18)13(10-11)17(23)21-15-5-3-2-4-12(15)16(22)20-9-8-19/h6-7,10,12,15H,2-5,9H2,1H3,(H,20,22)(H,21,23)/t12-,15+/m0/s1. The van der Waals surface area contributed by atoms with Gasteiger partial charge in [-0.25, -0.2) is 0 Å². The lowest BCUT2D eigenvalue weighted by Crippen LogP contribution is -2.48. The second kappa shape index (κ2) is 8.95. The third kappa shape index (κ3) is 4.65. The SMILES string of the molecule is CSc1ccc(Cl)c(C(=O)N[C@@H]2CCCC[C@@H]2C(=O)NCC#N)c1. The molecule has 7 heteroatoms. The van der Waals surface area contributed by atoms with Crippen molar-refractivity contribution in [2.24, 2.45) is 5.92 Å². The Bertz CT molecular complexity index is 660. The Morgan fingerprint density at radius 3 is 2.83 bits per heavy atom. The molecule has 128 valence electrons. The van der Waals surface area contributed by atoms with E-state index in [1.165, 1.54) is 11.8 Å². The Morgan fingerprint density at radius 2 is 2.12 bits per heavy atom. The third-order valence-corrected chi connectivity index (χ3v) is 5.23. The van der Waals surface area contributed by atoms with Crippen LogP contribution in [0.15, 0.2) is 23.1 Å². The van der Waals surface area contributed by atoms with Gasteiger partial charge in [-0.1, -0.05) is 24.4 Å². The van der Waals surface area contributed by atoms with E-state index >= 15 is 0 Å². The number of rotatable bonds is 5. The smallest absolute Gasteiger partial charge is 0.253 e. The molecule has 1 fully saturated rings. The van der Waals surface area contributed by atoms with Gasteiger partial charge in [-0.2, -0.15) is 5.26 Å². The van der Waals surface area contributed by atoms with Gasteiger partial charge in [0.1, 0.15) is 6.54 Å². The molecule has 1 aromatic rings. The number of nitrogens with zero attached hydrogens (tertiary/aromatic N) is 1. The van der Waals surface area contributed by atoms with Crippen molar-refractivity contribution in [3.8, 4) is 6.07 Å². The average Bonchev–Trinajstić information content (AvgIpc) is 2.60. The van der Waals surface area contributed by atoms with Gasteiger partial charge in [0.15, 0.2) is 0 Å². The van der Waals surface area contributed by atoms with Crippen LogP contribution in [0.1, 0.15) is 36.0 Å². The maximum atomic E-state index is 12.6. The summed E-state index contributed by atoms with van der Waals surface area (Å²) >= 11 is 7.68. The molecule has 2 amide bonds. The first-order valence-electron chi connectivity index (χ1n) is 7.86. The molecule has 1 aliphatic carbocycles. The predicted octanol–water partition coefficient (Wildman–Crippen LogP) is 2.99. The Balaban J connectivity index is 2.11. The molecule has 1 saturated carbocycles. The maximum absolute atomic E-state index is 12.6. The van der Waals surface area contributed by atoms with Crippen molar-refractivity contribution in [1.29, 1.82) is 5.26 Å². The molecule has 24 heavy (non-hydrogen) atoms. The molecule has 1 aliphatic rings. The Labute approximate surface area is 151 Å². The monoisotopic (exact) mass is 365 g/mol. The largest absolute Gasteiger partial charge is 0.348 e. The number of nitrogens with one attached hydrogen (secondary N) is 2. The first-order valence-corrected chi connectivity index (χ1v) is 9.46. The van der Waals surface area contributed by atoms with E-state index < -0.39 is 0 Å². The fraction of sp³-hybridized carbons (Fsp3) is 0.471. The third-order valence-electron chi connectivity index (χ3n) is 4.18. The Kier molecular flexibility index (Phi) is 6.95. The number of carbonyl (C=O) groups excluding carboxylic acids is 2. The lowest BCUT2D eigenvalue weighted by Gasteiger charge is -2.31. The molecule has 0 heterocycles. The van der Waals surface area contributed by atoms with E-state index in [0.717, 1.165) is 24.2 Å². The summed E-state index contributed by atoms with van der Waals surface area (Å²) in [5.41, 5.74) is 0.422. The van der Waals surface area contributed by atoms with Gasteiger partial charge < -0.3 is 10.6 Å². The lowest BCUT2D eigenvalue weighted by atomic mass is 9.83. The number of carbonyl (C=O) groups is 2. The minimum absolute atomic E-state index is 0.0163. The normalized spacial score (nSPS) is 20.0. The molecule has 0 spiro atoms. The van der Waals surface area contributed by atoms with Crippen molar-refractivity contribution < 1.29 is 9.59 Å². The molecule has 2 atom stereocenters. The molecule has 2 rings (SSSR count). The summed E-state index contributed by atoms with van der Waals surface area (Å²) in [4.78, 5) is 25.8. The summed E-state index contributed by atoms with van der Waals surface area (Å²) in [6.07, 6.45) is 5.30. The summed E-state index contributed by atoms with van der Waals surface area (Å²) in [6, 6.07) is 7.00. The number of amides is 2. The zero-order valence-electron chi connectivity index (χ0n) is 13.5. The Hall–Kier alpha value is -1.71. The van der Waals surface area contributed by atoms with Gasteiger partial charge in [0.25, 0.3) is 5.91 Å². The van der Waals surface area contributed by atoms with Crippen LogP contribution in [0, 0.1) is 17.2 Å². The van der Waals surface area contributed by atoms with Crippen LogP contribution in [0.25, 0.3) is 0 Å². The highest BCUT2D eigenvalue weighted by Crippen LogP contribution is 2.27. The molecule has 2 N–H and O–H groups in total. The van der Waals surface area contributed by atoms with Gasteiger partial charge in [0.05, 0.1) is 22.6 Å². The minimum Gasteiger partial charge on any atom is -0.348 e. The van der Waals surface area contributed by atoms with Crippen LogP contribution in [-0.4, -0.2) is 30.7 Å². The number of hydrogen-bond acceptors (Lipinski definition) is 4. The van der Waals surface area contributed by atoms with E-state index in [1.807, 2.05) is 18.4 Å².